The first kappa shape index (κ1) is 15.6. The molecule has 0 aliphatic carbocycles. The van der Waals surface area contributed by atoms with Crippen molar-refractivity contribution in [1.82, 2.24) is 10.0 Å². The van der Waals surface area contributed by atoms with Gasteiger partial charge in [-0.3, -0.25) is 14.9 Å². The highest BCUT2D eigenvalue weighted by Gasteiger charge is 2.31. The SMILES string of the molecule is Cc1ccc(CN)cc1S(=O)(=O)NC1CCC(=O)NC1=O. The molecule has 1 fully saturated rings. The zero-order valence-electron chi connectivity index (χ0n) is 11.5. The molecule has 1 unspecified atom stereocenters. The van der Waals surface area contributed by atoms with E-state index in [1.165, 1.54) is 6.07 Å². The average Bonchev–Trinajstić information content (AvgIpc) is 2.42. The molecule has 0 spiro atoms. The van der Waals surface area contributed by atoms with Gasteiger partial charge < -0.3 is 5.73 Å². The number of piperidine rings is 1. The van der Waals surface area contributed by atoms with Gasteiger partial charge in [0.1, 0.15) is 6.04 Å². The summed E-state index contributed by atoms with van der Waals surface area (Å²) < 4.78 is 27.1. The Morgan fingerprint density at radius 2 is 2.10 bits per heavy atom. The van der Waals surface area contributed by atoms with Crippen LogP contribution in [0.3, 0.4) is 0 Å². The van der Waals surface area contributed by atoms with Crippen molar-refractivity contribution in [3.05, 3.63) is 29.3 Å². The van der Waals surface area contributed by atoms with Crippen LogP contribution >= 0.6 is 0 Å². The highest BCUT2D eigenvalue weighted by Crippen LogP contribution is 2.18. The number of aryl methyl sites for hydroxylation is 1. The molecule has 4 N–H and O–H groups in total. The maximum absolute atomic E-state index is 12.4. The molecule has 0 aromatic heterocycles. The number of sulfonamides is 1. The van der Waals surface area contributed by atoms with Crippen LogP contribution in [-0.4, -0.2) is 26.3 Å². The molecule has 2 rings (SSSR count). The number of carbonyl (C=O) groups is 2. The van der Waals surface area contributed by atoms with Gasteiger partial charge in [0.25, 0.3) is 0 Å². The molecule has 1 aliphatic heterocycles. The molecule has 1 atom stereocenters. The topological polar surface area (TPSA) is 118 Å². The lowest BCUT2D eigenvalue weighted by Crippen LogP contribution is -2.52. The molecular formula is C13H17N3O4S. The van der Waals surface area contributed by atoms with Gasteiger partial charge in [0.05, 0.1) is 4.90 Å². The second kappa shape index (κ2) is 5.92. The van der Waals surface area contributed by atoms with Gasteiger partial charge in [-0.2, -0.15) is 4.72 Å². The van der Waals surface area contributed by atoms with E-state index >= 15 is 0 Å². The molecule has 1 aliphatic rings. The Balaban J connectivity index is 2.26. The number of amides is 2. The lowest BCUT2D eigenvalue weighted by Gasteiger charge is -2.22. The lowest BCUT2D eigenvalue weighted by molar-refractivity contribution is -0.134. The minimum atomic E-state index is -3.85. The van der Waals surface area contributed by atoms with Crippen molar-refractivity contribution in [2.24, 2.45) is 5.73 Å². The first-order chi connectivity index (χ1) is 9.83. The van der Waals surface area contributed by atoms with Crippen molar-refractivity contribution in [3.63, 3.8) is 0 Å². The van der Waals surface area contributed by atoms with Crippen LogP contribution in [0.4, 0.5) is 0 Å². The van der Waals surface area contributed by atoms with E-state index in [0.717, 1.165) is 0 Å². The molecule has 1 saturated heterocycles. The van der Waals surface area contributed by atoms with Gasteiger partial charge in [-0.25, -0.2) is 8.42 Å². The van der Waals surface area contributed by atoms with Crippen LogP contribution < -0.4 is 15.8 Å². The van der Waals surface area contributed by atoms with E-state index in [-0.39, 0.29) is 24.3 Å². The van der Waals surface area contributed by atoms with Crippen LogP contribution in [-0.2, 0) is 26.2 Å². The predicted octanol–water partition coefficient (Wildman–Crippen LogP) is -0.463. The number of hydrogen-bond acceptors (Lipinski definition) is 5. The van der Waals surface area contributed by atoms with E-state index in [0.29, 0.717) is 11.1 Å². The van der Waals surface area contributed by atoms with Crippen LogP contribution in [0, 0.1) is 6.92 Å². The maximum Gasteiger partial charge on any atom is 0.244 e. The van der Waals surface area contributed by atoms with Crippen molar-refractivity contribution in [2.75, 3.05) is 0 Å². The van der Waals surface area contributed by atoms with Crippen molar-refractivity contribution in [3.8, 4) is 0 Å². The average molecular weight is 311 g/mol. The van der Waals surface area contributed by atoms with Crippen LogP contribution in [0.1, 0.15) is 24.0 Å². The number of rotatable bonds is 4. The van der Waals surface area contributed by atoms with E-state index in [1.807, 2.05) is 0 Å². The molecule has 0 bridgehead atoms. The minimum Gasteiger partial charge on any atom is -0.326 e. The summed E-state index contributed by atoms with van der Waals surface area (Å²) in [7, 11) is -3.85. The van der Waals surface area contributed by atoms with Gasteiger partial charge in [0.15, 0.2) is 0 Å². The maximum atomic E-state index is 12.4. The number of carbonyl (C=O) groups excluding carboxylic acids is 2. The molecule has 0 saturated carbocycles. The van der Waals surface area contributed by atoms with Gasteiger partial charge >= 0.3 is 0 Å². The number of hydrogen-bond donors (Lipinski definition) is 3. The van der Waals surface area contributed by atoms with Crippen LogP contribution in [0.15, 0.2) is 23.1 Å². The quantitative estimate of drug-likeness (QED) is 0.650. The summed E-state index contributed by atoms with van der Waals surface area (Å²) in [5, 5.41) is 2.12. The predicted molar refractivity (Wildman–Crippen MR) is 75.6 cm³/mol. The lowest BCUT2D eigenvalue weighted by atomic mass is 10.1. The summed E-state index contributed by atoms with van der Waals surface area (Å²) >= 11 is 0. The summed E-state index contributed by atoms with van der Waals surface area (Å²) in [4.78, 5) is 22.8. The van der Waals surface area contributed by atoms with E-state index < -0.39 is 27.9 Å². The third-order valence-electron chi connectivity index (χ3n) is 3.31. The molecule has 21 heavy (non-hydrogen) atoms. The van der Waals surface area contributed by atoms with Crippen LogP contribution in [0.2, 0.25) is 0 Å². The zero-order chi connectivity index (χ0) is 15.6. The summed E-state index contributed by atoms with van der Waals surface area (Å²) in [6, 6.07) is 3.97. The Labute approximate surface area is 123 Å². The Bertz CT molecular complexity index is 685. The first-order valence-corrected chi connectivity index (χ1v) is 7.97. The molecule has 2 amide bonds. The molecule has 1 aromatic carbocycles. The fourth-order valence-corrected chi connectivity index (χ4v) is 3.64. The van der Waals surface area contributed by atoms with Gasteiger partial charge in [0, 0.05) is 13.0 Å². The van der Waals surface area contributed by atoms with Crippen LogP contribution in [0.25, 0.3) is 0 Å². The second-order valence-electron chi connectivity index (χ2n) is 4.93. The van der Waals surface area contributed by atoms with Crippen LogP contribution in [0.5, 0.6) is 0 Å². The number of benzene rings is 1. The van der Waals surface area contributed by atoms with Gasteiger partial charge in [-0.05, 0) is 30.5 Å². The summed E-state index contributed by atoms with van der Waals surface area (Å²) in [5.41, 5.74) is 6.76. The molecule has 7 nitrogen and oxygen atoms in total. The third-order valence-corrected chi connectivity index (χ3v) is 4.93. The zero-order valence-corrected chi connectivity index (χ0v) is 12.4. The smallest absolute Gasteiger partial charge is 0.244 e. The van der Waals surface area contributed by atoms with E-state index in [4.69, 9.17) is 5.73 Å². The third kappa shape index (κ3) is 3.46. The molecule has 1 aromatic rings. The summed E-state index contributed by atoms with van der Waals surface area (Å²) in [6.45, 7) is 1.89. The monoisotopic (exact) mass is 311 g/mol. The Morgan fingerprint density at radius 3 is 2.71 bits per heavy atom. The summed E-state index contributed by atoms with van der Waals surface area (Å²) in [5.74, 6) is -1.01. The molecule has 0 radical (unpaired) electrons. The van der Waals surface area contributed by atoms with Gasteiger partial charge in [-0.15, -0.1) is 0 Å². The number of imide groups is 1. The number of nitrogens with one attached hydrogen (secondary N) is 2. The molecular weight excluding hydrogens is 294 g/mol. The minimum absolute atomic E-state index is 0.0927. The van der Waals surface area contributed by atoms with Gasteiger partial charge in [-0.1, -0.05) is 12.1 Å². The fraction of sp³-hybridized carbons (Fsp3) is 0.385. The van der Waals surface area contributed by atoms with E-state index in [2.05, 4.69) is 10.0 Å². The van der Waals surface area contributed by atoms with Crippen molar-refractivity contribution in [2.45, 2.75) is 37.2 Å². The molecule has 1 heterocycles. The Kier molecular flexibility index (Phi) is 4.40. The standard InChI is InChI=1S/C13H17N3O4S/c1-8-2-3-9(7-14)6-11(8)21(19,20)16-10-4-5-12(17)15-13(10)18/h2-3,6,10,16H,4-5,7,14H2,1H3,(H,15,17,18). The van der Waals surface area contributed by atoms with Gasteiger partial charge in [0.2, 0.25) is 21.8 Å². The van der Waals surface area contributed by atoms with Crippen molar-refractivity contribution >= 4 is 21.8 Å². The van der Waals surface area contributed by atoms with Crippen molar-refractivity contribution in [1.29, 1.82) is 0 Å². The van der Waals surface area contributed by atoms with E-state index in [9.17, 15) is 18.0 Å². The normalized spacial score (nSPS) is 19.4. The Morgan fingerprint density at radius 1 is 1.38 bits per heavy atom. The largest absolute Gasteiger partial charge is 0.326 e. The first-order valence-electron chi connectivity index (χ1n) is 6.49. The van der Waals surface area contributed by atoms with E-state index in [1.54, 1.807) is 19.1 Å². The Hall–Kier alpha value is -1.77. The fourth-order valence-electron chi connectivity index (χ4n) is 2.12. The highest BCUT2D eigenvalue weighted by atomic mass is 32.2. The highest BCUT2D eigenvalue weighted by molar-refractivity contribution is 7.89. The molecule has 114 valence electrons. The number of nitrogens with two attached hydrogens (primary N) is 1. The summed E-state index contributed by atoms with van der Waals surface area (Å²) in [6.07, 6.45) is 0.264. The van der Waals surface area contributed by atoms with Crippen molar-refractivity contribution < 1.29 is 18.0 Å². The molecule has 8 heteroatoms. The second-order valence-corrected chi connectivity index (χ2v) is 6.61.